The lowest BCUT2D eigenvalue weighted by atomic mass is 10.3. The molecule has 5 nitrogen and oxygen atoms in total. The van der Waals surface area contributed by atoms with Gasteiger partial charge in [0.1, 0.15) is 6.04 Å². The number of carbonyl (C=O) groups excluding carboxylic acids is 1. The number of hydrogen-bond donors (Lipinski definition) is 1. The van der Waals surface area contributed by atoms with E-state index in [2.05, 4.69) is 10.4 Å². The van der Waals surface area contributed by atoms with E-state index in [9.17, 15) is 18.0 Å². The van der Waals surface area contributed by atoms with E-state index >= 15 is 0 Å². The summed E-state index contributed by atoms with van der Waals surface area (Å²) in [4.78, 5) is 11.9. The van der Waals surface area contributed by atoms with Crippen LogP contribution in [0.15, 0.2) is 0 Å². The molecule has 21 heavy (non-hydrogen) atoms. The standard InChI is InChI=1S/C12H17ClF3N3O2/c1-7-9(13)10(12(14,15)16)18-19(7)8(2)11(20)17-5-4-6-21-3/h8H,4-6H2,1-3H3,(H,17,20)/t8-/m0/s1. The van der Waals surface area contributed by atoms with Crippen molar-refractivity contribution < 1.29 is 22.7 Å². The molecule has 0 fully saturated rings. The zero-order chi connectivity index (χ0) is 16.2. The number of nitrogens with one attached hydrogen (secondary N) is 1. The summed E-state index contributed by atoms with van der Waals surface area (Å²) < 4.78 is 44.0. The van der Waals surface area contributed by atoms with Gasteiger partial charge in [0.05, 0.1) is 10.7 Å². The number of alkyl halides is 3. The molecule has 0 unspecified atom stereocenters. The van der Waals surface area contributed by atoms with Crippen LogP contribution in [0.25, 0.3) is 0 Å². The molecule has 0 bridgehead atoms. The average Bonchev–Trinajstić information content (AvgIpc) is 2.70. The molecule has 0 aliphatic rings. The minimum absolute atomic E-state index is 0.100. The van der Waals surface area contributed by atoms with Crippen LogP contribution in [0.4, 0.5) is 13.2 Å². The Hall–Kier alpha value is -1.28. The van der Waals surface area contributed by atoms with Gasteiger partial charge in [-0.1, -0.05) is 11.6 Å². The lowest BCUT2D eigenvalue weighted by Crippen LogP contribution is -2.33. The van der Waals surface area contributed by atoms with Crippen molar-refractivity contribution in [1.29, 1.82) is 0 Å². The van der Waals surface area contributed by atoms with Crippen molar-refractivity contribution >= 4 is 17.5 Å². The molecule has 1 rings (SSSR count). The Bertz CT molecular complexity index is 503. The van der Waals surface area contributed by atoms with Crippen LogP contribution >= 0.6 is 11.6 Å². The van der Waals surface area contributed by atoms with Crippen molar-refractivity contribution in [2.45, 2.75) is 32.5 Å². The largest absolute Gasteiger partial charge is 0.436 e. The topological polar surface area (TPSA) is 56.1 Å². The second-order valence-corrected chi connectivity index (χ2v) is 4.88. The molecule has 0 saturated carbocycles. The van der Waals surface area contributed by atoms with E-state index in [0.29, 0.717) is 19.6 Å². The van der Waals surface area contributed by atoms with Crippen LogP contribution in [-0.2, 0) is 15.7 Å². The highest BCUT2D eigenvalue weighted by Gasteiger charge is 2.39. The van der Waals surface area contributed by atoms with Gasteiger partial charge in [-0.05, 0) is 20.3 Å². The first-order chi connectivity index (χ1) is 9.70. The van der Waals surface area contributed by atoms with E-state index in [0.717, 1.165) is 4.68 Å². The van der Waals surface area contributed by atoms with Crippen molar-refractivity contribution in [1.82, 2.24) is 15.1 Å². The predicted molar refractivity (Wildman–Crippen MR) is 71.2 cm³/mol. The van der Waals surface area contributed by atoms with Crippen LogP contribution < -0.4 is 5.32 Å². The third-order valence-electron chi connectivity index (χ3n) is 2.92. The Kier molecular flexibility index (Phi) is 6.03. The lowest BCUT2D eigenvalue weighted by molar-refractivity contribution is -0.141. The molecule has 0 radical (unpaired) electrons. The third kappa shape index (κ3) is 4.34. The summed E-state index contributed by atoms with van der Waals surface area (Å²) in [6.07, 6.45) is -4.04. The number of carbonyl (C=O) groups is 1. The lowest BCUT2D eigenvalue weighted by Gasteiger charge is -2.14. The second kappa shape index (κ2) is 7.13. The first kappa shape index (κ1) is 17.8. The van der Waals surface area contributed by atoms with Crippen molar-refractivity contribution in [2.75, 3.05) is 20.3 Å². The molecular weight excluding hydrogens is 311 g/mol. The molecular formula is C12H17ClF3N3O2. The number of halogens is 4. The van der Waals surface area contributed by atoms with Crippen LogP contribution in [0.3, 0.4) is 0 Å². The minimum atomic E-state index is -4.65. The molecule has 1 N–H and O–H groups in total. The molecule has 0 aromatic carbocycles. The number of nitrogens with zero attached hydrogens (tertiary/aromatic N) is 2. The molecule has 1 aromatic rings. The van der Waals surface area contributed by atoms with Crippen LogP contribution in [0.5, 0.6) is 0 Å². The summed E-state index contributed by atoms with van der Waals surface area (Å²) in [5.74, 6) is -0.429. The van der Waals surface area contributed by atoms with Gasteiger partial charge in [0.15, 0.2) is 5.69 Å². The zero-order valence-electron chi connectivity index (χ0n) is 11.9. The van der Waals surface area contributed by atoms with Gasteiger partial charge in [0, 0.05) is 20.3 Å². The highest BCUT2D eigenvalue weighted by atomic mass is 35.5. The third-order valence-corrected chi connectivity index (χ3v) is 3.37. The van der Waals surface area contributed by atoms with Crippen LogP contribution in [0.2, 0.25) is 5.02 Å². The smallest absolute Gasteiger partial charge is 0.385 e. The Morgan fingerprint density at radius 1 is 1.52 bits per heavy atom. The highest BCUT2D eigenvalue weighted by molar-refractivity contribution is 6.32. The highest BCUT2D eigenvalue weighted by Crippen LogP contribution is 2.36. The average molecular weight is 328 g/mol. The number of hydrogen-bond acceptors (Lipinski definition) is 3. The molecule has 120 valence electrons. The van der Waals surface area contributed by atoms with Crippen LogP contribution in [-0.4, -0.2) is 35.9 Å². The zero-order valence-corrected chi connectivity index (χ0v) is 12.7. The molecule has 1 aromatic heterocycles. The Labute approximate surface area is 125 Å². The maximum absolute atomic E-state index is 12.7. The summed E-state index contributed by atoms with van der Waals surface area (Å²) in [7, 11) is 1.54. The fraction of sp³-hybridized carbons (Fsp3) is 0.667. The maximum atomic E-state index is 12.7. The molecule has 1 amide bonds. The maximum Gasteiger partial charge on any atom is 0.436 e. The van der Waals surface area contributed by atoms with E-state index in [4.69, 9.17) is 16.3 Å². The Morgan fingerprint density at radius 3 is 2.62 bits per heavy atom. The van der Waals surface area contributed by atoms with Gasteiger partial charge in [-0.2, -0.15) is 18.3 Å². The molecule has 1 atom stereocenters. The van der Waals surface area contributed by atoms with E-state index < -0.39 is 28.8 Å². The van der Waals surface area contributed by atoms with Gasteiger partial charge in [0.2, 0.25) is 5.91 Å². The fourth-order valence-electron chi connectivity index (χ4n) is 1.74. The fourth-order valence-corrected chi connectivity index (χ4v) is 1.98. The van der Waals surface area contributed by atoms with E-state index in [1.54, 1.807) is 0 Å². The van der Waals surface area contributed by atoms with Gasteiger partial charge in [-0.15, -0.1) is 0 Å². The van der Waals surface area contributed by atoms with Crippen molar-refractivity contribution in [3.05, 3.63) is 16.4 Å². The summed E-state index contributed by atoms with van der Waals surface area (Å²) in [6.45, 7) is 3.71. The van der Waals surface area contributed by atoms with E-state index in [-0.39, 0.29) is 5.69 Å². The normalized spacial score (nSPS) is 13.3. The summed E-state index contributed by atoms with van der Waals surface area (Å²) in [5, 5.41) is 5.54. The number of aromatic nitrogens is 2. The van der Waals surface area contributed by atoms with Gasteiger partial charge in [-0.25, -0.2) is 0 Å². The van der Waals surface area contributed by atoms with Gasteiger partial charge in [-0.3, -0.25) is 9.48 Å². The quantitative estimate of drug-likeness (QED) is 0.817. The van der Waals surface area contributed by atoms with E-state index in [1.165, 1.54) is 21.0 Å². The SMILES string of the molecule is COCCCNC(=O)[C@H](C)n1nc(C(F)(F)F)c(Cl)c1C. The first-order valence-corrected chi connectivity index (χ1v) is 6.66. The van der Waals surface area contributed by atoms with Crippen molar-refractivity contribution in [3.8, 4) is 0 Å². The number of ether oxygens (including phenoxy) is 1. The van der Waals surface area contributed by atoms with Crippen LogP contribution in [0, 0.1) is 6.92 Å². The first-order valence-electron chi connectivity index (χ1n) is 6.28. The second-order valence-electron chi connectivity index (χ2n) is 4.50. The number of methoxy groups -OCH3 is 1. The molecule has 1 heterocycles. The summed E-state index contributed by atoms with van der Waals surface area (Å²) in [6, 6.07) is -0.888. The summed E-state index contributed by atoms with van der Waals surface area (Å²) >= 11 is 5.64. The Morgan fingerprint density at radius 2 is 2.14 bits per heavy atom. The van der Waals surface area contributed by atoms with Gasteiger partial charge >= 0.3 is 6.18 Å². The van der Waals surface area contributed by atoms with Gasteiger partial charge in [0.25, 0.3) is 0 Å². The molecule has 0 spiro atoms. The van der Waals surface area contributed by atoms with Crippen LogP contribution in [0.1, 0.15) is 30.8 Å². The molecule has 0 saturated heterocycles. The van der Waals surface area contributed by atoms with Gasteiger partial charge < -0.3 is 10.1 Å². The van der Waals surface area contributed by atoms with Crippen molar-refractivity contribution in [2.24, 2.45) is 0 Å². The molecule has 0 aliphatic carbocycles. The minimum Gasteiger partial charge on any atom is -0.385 e. The molecule has 0 aliphatic heterocycles. The number of amides is 1. The molecule has 9 heteroatoms. The van der Waals surface area contributed by atoms with E-state index in [1.807, 2.05) is 0 Å². The monoisotopic (exact) mass is 327 g/mol. The predicted octanol–water partition coefficient (Wildman–Crippen LogP) is 2.58. The van der Waals surface area contributed by atoms with Crippen molar-refractivity contribution in [3.63, 3.8) is 0 Å². The summed E-state index contributed by atoms with van der Waals surface area (Å²) in [5.41, 5.74) is -1.08. The Balaban J connectivity index is 2.83. The number of rotatable bonds is 6.